The lowest BCUT2D eigenvalue weighted by Gasteiger charge is -2.48. The number of carbonyl (C=O) groups is 2. The number of ether oxygens (including phenoxy) is 2. The van der Waals surface area contributed by atoms with Crippen LogP contribution in [-0.4, -0.2) is 61.1 Å². The second-order valence-electron chi connectivity index (χ2n) is 7.88. The summed E-state index contributed by atoms with van der Waals surface area (Å²) in [6.45, 7) is 5.97. The van der Waals surface area contributed by atoms with Crippen molar-refractivity contribution in [1.29, 1.82) is 0 Å². The maximum absolute atomic E-state index is 12.6. The maximum Gasteiger partial charge on any atom is 0.255 e. The van der Waals surface area contributed by atoms with E-state index in [2.05, 4.69) is 19.9 Å². The average molecular weight is 386 g/mol. The second-order valence-corrected chi connectivity index (χ2v) is 7.88. The molecule has 152 valence electrons. The molecule has 2 amide bonds. The van der Waals surface area contributed by atoms with Gasteiger partial charge in [-0.1, -0.05) is 32.1 Å². The van der Waals surface area contributed by atoms with Crippen molar-refractivity contribution in [3.63, 3.8) is 0 Å². The van der Waals surface area contributed by atoms with Crippen LogP contribution in [0, 0.1) is 5.92 Å². The molecule has 1 aromatic rings. The van der Waals surface area contributed by atoms with Gasteiger partial charge in [0.25, 0.3) is 5.91 Å². The number of methoxy groups -OCH3 is 2. The number of amides is 2. The summed E-state index contributed by atoms with van der Waals surface area (Å²) in [4.78, 5) is 28.6. The number of hydrogen-bond acceptors (Lipinski definition) is 4. The van der Waals surface area contributed by atoms with Gasteiger partial charge in [-0.15, -0.1) is 0 Å². The summed E-state index contributed by atoms with van der Waals surface area (Å²) in [5.74, 6) is 1.38. The van der Waals surface area contributed by atoms with Gasteiger partial charge in [0.2, 0.25) is 5.91 Å². The van der Waals surface area contributed by atoms with Gasteiger partial charge in [0, 0.05) is 33.2 Å². The third-order valence-corrected chi connectivity index (χ3v) is 5.47. The van der Waals surface area contributed by atoms with Gasteiger partial charge in [-0.25, -0.2) is 0 Å². The van der Waals surface area contributed by atoms with Crippen molar-refractivity contribution in [3.05, 3.63) is 41.5 Å². The number of hydrogen-bond donors (Lipinski definition) is 0. The molecule has 2 aliphatic rings. The first-order valence-electron chi connectivity index (χ1n) is 9.87. The highest BCUT2D eigenvalue weighted by molar-refractivity contribution is 5.89. The second kappa shape index (κ2) is 8.78. The maximum atomic E-state index is 12.6. The molecule has 1 fully saturated rings. The monoisotopic (exact) mass is 386 g/mol. The van der Waals surface area contributed by atoms with Crippen LogP contribution in [0.5, 0.6) is 5.75 Å². The van der Waals surface area contributed by atoms with E-state index in [1.807, 2.05) is 34.1 Å². The zero-order valence-corrected chi connectivity index (χ0v) is 17.2. The average Bonchev–Trinajstić information content (AvgIpc) is 2.70. The Balaban J connectivity index is 1.68. The molecule has 6 heteroatoms. The number of carbonyl (C=O) groups excluding carboxylic acids is 2. The highest BCUT2D eigenvalue weighted by Gasteiger charge is 2.49. The summed E-state index contributed by atoms with van der Waals surface area (Å²) in [5.41, 5.74) is 2.24. The molecule has 3 rings (SSSR count). The van der Waals surface area contributed by atoms with Crippen LogP contribution in [0.4, 0.5) is 0 Å². The Morgan fingerprint density at radius 1 is 1.21 bits per heavy atom. The van der Waals surface area contributed by atoms with Crippen molar-refractivity contribution in [2.45, 2.75) is 45.4 Å². The molecule has 0 aliphatic carbocycles. The summed E-state index contributed by atoms with van der Waals surface area (Å²) in [6, 6.07) is 7.71. The van der Waals surface area contributed by atoms with E-state index in [1.165, 1.54) is 5.57 Å². The van der Waals surface area contributed by atoms with E-state index in [0.717, 1.165) is 17.7 Å². The minimum atomic E-state index is -0.428. The topological polar surface area (TPSA) is 59.1 Å². The Kier molecular flexibility index (Phi) is 6.39. The quantitative estimate of drug-likeness (QED) is 0.534. The third kappa shape index (κ3) is 4.22. The smallest absolute Gasteiger partial charge is 0.255 e. The van der Waals surface area contributed by atoms with Crippen LogP contribution in [0.25, 0.3) is 0 Å². The van der Waals surface area contributed by atoms with Gasteiger partial charge in [-0.3, -0.25) is 9.59 Å². The molecule has 0 spiro atoms. The lowest BCUT2D eigenvalue weighted by molar-refractivity contribution is -0.168. The molecular formula is C22H30N2O4. The predicted molar refractivity (Wildman–Crippen MR) is 107 cm³/mol. The molecule has 2 aliphatic heterocycles. The first kappa shape index (κ1) is 20.4. The fraction of sp³-hybridized carbons (Fsp3) is 0.545. The van der Waals surface area contributed by atoms with Crippen LogP contribution in [0.2, 0.25) is 0 Å². The number of rotatable bonds is 7. The lowest BCUT2D eigenvalue weighted by atomic mass is 9.86. The fourth-order valence-electron chi connectivity index (χ4n) is 3.90. The summed E-state index contributed by atoms with van der Waals surface area (Å²) >= 11 is 0. The first-order valence-corrected chi connectivity index (χ1v) is 9.87. The van der Waals surface area contributed by atoms with E-state index >= 15 is 0 Å². The summed E-state index contributed by atoms with van der Waals surface area (Å²) in [5, 5.41) is 0. The molecule has 28 heavy (non-hydrogen) atoms. The molecule has 1 saturated heterocycles. The van der Waals surface area contributed by atoms with Gasteiger partial charge in [-0.05, 0) is 35.6 Å². The highest BCUT2D eigenvalue weighted by Crippen LogP contribution is 2.33. The van der Waals surface area contributed by atoms with Crippen LogP contribution in [0.3, 0.4) is 0 Å². The summed E-state index contributed by atoms with van der Waals surface area (Å²) < 4.78 is 10.7. The summed E-state index contributed by atoms with van der Waals surface area (Å²) in [6.07, 6.45) is 3.03. The normalized spacial score (nSPS) is 22.2. The zero-order valence-electron chi connectivity index (χ0n) is 17.2. The minimum Gasteiger partial charge on any atom is -0.497 e. The van der Waals surface area contributed by atoms with E-state index in [0.29, 0.717) is 32.0 Å². The van der Waals surface area contributed by atoms with Crippen molar-refractivity contribution in [2.75, 3.05) is 27.3 Å². The van der Waals surface area contributed by atoms with Gasteiger partial charge in [0.1, 0.15) is 5.75 Å². The molecule has 6 nitrogen and oxygen atoms in total. The van der Waals surface area contributed by atoms with Crippen LogP contribution >= 0.6 is 0 Å². The number of β-lactam (4-membered cyclic amide) rings is 1. The Morgan fingerprint density at radius 2 is 1.93 bits per heavy atom. The predicted octanol–water partition coefficient (Wildman–Crippen LogP) is 2.63. The highest BCUT2D eigenvalue weighted by atomic mass is 16.5. The fourth-order valence-corrected chi connectivity index (χ4v) is 3.90. The molecule has 1 aromatic carbocycles. The number of nitrogens with zero attached hydrogens (tertiary/aromatic N) is 2. The Morgan fingerprint density at radius 3 is 2.46 bits per heavy atom. The Labute approximate surface area is 167 Å². The van der Waals surface area contributed by atoms with Gasteiger partial charge in [-0.2, -0.15) is 0 Å². The molecule has 0 saturated carbocycles. The molecule has 2 atom stereocenters. The number of benzene rings is 1. The van der Waals surface area contributed by atoms with Crippen molar-refractivity contribution < 1.29 is 19.1 Å². The molecule has 0 unspecified atom stereocenters. The zero-order chi connectivity index (χ0) is 20.3. The van der Waals surface area contributed by atoms with Gasteiger partial charge < -0.3 is 19.3 Å². The molecule has 0 aromatic heterocycles. The van der Waals surface area contributed by atoms with Crippen molar-refractivity contribution in [2.24, 2.45) is 5.92 Å². The van der Waals surface area contributed by atoms with E-state index < -0.39 is 6.10 Å². The van der Waals surface area contributed by atoms with Gasteiger partial charge in [0.15, 0.2) is 6.10 Å². The Bertz CT molecular complexity index is 741. The SMILES string of the molecule is COc1ccc(CN2C(=O)[C@H](OC)[C@@H]2C2=CCN(C(=O)CC(C)C)CC2)cc1. The van der Waals surface area contributed by atoms with Crippen LogP contribution in [0.15, 0.2) is 35.9 Å². The standard InChI is InChI=1S/C22H30N2O4/c1-15(2)13-19(25)23-11-9-17(10-12-23)20-21(28-4)22(26)24(20)14-16-5-7-18(27-3)8-6-16/h5-9,15,20-21H,10-14H2,1-4H3/t20-,21+/m0/s1. The van der Waals surface area contributed by atoms with Crippen molar-refractivity contribution in [3.8, 4) is 5.75 Å². The minimum absolute atomic E-state index is 0.0162. The molecule has 0 N–H and O–H groups in total. The van der Waals surface area contributed by atoms with Gasteiger partial charge >= 0.3 is 0 Å². The van der Waals surface area contributed by atoms with E-state index in [4.69, 9.17) is 9.47 Å². The molecule has 0 radical (unpaired) electrons. The summed E-state index contributed by atoms with van der Waals surface area (Å²) in [7, 11) is 3.22. The van der Waals surface area contributed by atoms with E-state index in [-0.39, 0.29) is 17.9 Å². The first-order chi connectivity index (χ1) is 13.4. The molecule has 0 bridgehead atoms. The molecule has 2 heterocycles. The van der Waals surface area contributed by atoms with Gasteiger partial charge in [0.05, 0.1) is 13.2 Å². The van der Waals surface area contributed by atoms with E-state index in [9.17, 15) is 9.59 Å². The van der Waals surface area contributed by atoms with Crippen LogP contribution < -0.4 is 4.74 Å². The Hall–Kier alpha value is -2.34. The van der Waals surface area contributed by atoms with Crippen molar-refractivity contribution in [1.82, 2.24) is 9.80 Å². The lowest BCUT2D eigenvalue weighted by Crippen LogP contribution is -2.66. The third-order valence-electron chi connectivity index (χ3n) is 5.47. The van der Waals surface area contributed by atoms with Crippen LogP contribution in [-0.2, 0) is 20.9 Å². The molecular weight excluding hydrogens is 356 g/mol. The number of likely N-dealkylation sites (tertiary alicyclic amines) is 1. The van der Waals surface area contributed by atoms with E-state index in [1.54, 1.807) is 14.2 Å². The van der Waals surface area contributed by atoms with Crippen molar-refractivity contribution >= 4 is 11.8 Å². The van der Waals surface area contributed by atoms with Crippen LogP contribution in [0.1, 0.15) is 32.3 Å². The largest absolute Gasteiger partial charge is 0.497 e.